The van der Waals surface area contributed by atoms with Gasteiger partial charge in [-0.3, -0.25) is 0 Å². The van der Waals surface area contributed by atoms with Crippen molar-refractivity contribution in [3.05, 3.63) is 0 Å². The van der Waals surface area contributed by atoms with E-state index in [1.165, 1.54) is 32.1 Å². The molecule has 1 aliphatic carbocycles. The number of aldehydes is 1. The van der Waals surface area contributed by atoms with Gasteiger partial charge >= 0.3 is 0 Å². The molecule has 0 amide bonds. The van der Waals surface area contributed by atoms with Gasteiger partial charge in [-0.25, -0.2) is 0 Å². The van der Waals surface area contributed by atoms with Gasteiger partial charge in [-0.2, -0.15) is 0 Å². The first-order valence-corrected chi connectivity index (χ1v) is 5.26. The summed E-state index contributed by atoms with van der Waals surface area (Å²) in [6.45, 7) is 2.35. The van der Waals surface area contributed by atoms with E-state index >= 15 is 0 Å². The standard InChI is InChI=1S/C11H20O/c1-10-5-7-11(8-6-10)4-2-3-9-12/h9-11H,2-8H2,1H3. The van der Waals surface area contributed by atoms with Crippen molar-refractivity contribution in [3.63, 3.8) is 0 Å². The minimum Gasteiger partial charge on any atom is -0.303 e. The van der Waals surface area contributed by atoms with E-state index in [1.54, 1.807) is 0 Å². The van der Waals surface area contributed by atoms with Gasteiger partial charge in [-0.05, 0) is 18.3 Å². The molecular weight excluding hydrogens is 148 g/mol. The van der Waals surface area contributed by atoms with Crippen LogP contribution in [-0.2, 0) is 4.79 Å². The lowest BCUT2D eigenvalue weighted by atomic mass is 9.81. The summed E-state index contributed by atoms with van der Waals surface area (Å²) in [6.07, 6.45) is 9.84. The molecule has 1 saturated carbocycles. The SMILES string of the molecule is CC1CCC(CCCC=O)CC1. The normalized spacial score (nSPS) is 30.1. The molecule has 0 bridgehead atoms. The van der Waals surface area contributed by atoms with Crippen molar-refractivity contribution in [2.75, 3.05) is 0 Å². The Labute approximate surface area is 75.5 Å². The Balaban J connectivity index is 2.05. The van der Waals surface area contributed by atoms with E-state index in [2.05, 4.69) is 6.92 Å². The predicted molar refractivity (Wildman–Crippen MR) is 51.0 cm³/mol. The molecule has 0 unspecified atom stereocenters. The van der Waals surface area contributed by atoms with Crippen LogP contribution in [0.2, 0.25) is 0 Å². The summed E-state index contributed by atoms with van der Waals surface area (Å²) in [5.74, 6) is 1.88. The van der Waals surface area contributed by atoms with Crippen LogP contribution in [0.25, 0.3) is 0 Å². The maximum atomic E-state index is 10.1. The van der Waals surface area contributed by atoms with E-state index in [1.807, 2.05) is 0 Å². The first kappa shape index (κ1) is 9.76. The smallest absolute Gasteiger partial charge is 0.119 e. The maximum Gasteiger partial charge on any atom is 0.119 e. The largest absolute Gasteiger partial charge is 0.303 e. The number of hydrogen-bond acceptors (Lipinski definition) is 1. The summed E-state index contributed by atoms with van der Waals surface area (Å²) >= 11 is 0. The van der Waals surface area contributed by atoms with Gasteiger partial charge in [0.25, 0.3) is 0 Å². The summed E-state index contributed by atoms with van der Waals surface area (Å²) < 4.78 is 0. The summed E-state index contributed by atoms with van der Waals surface area (Å²) in [5.41, 5.74) is 0. The van der Waals surface area contributed by atoms with Gasteiger partial charge in [0.05, 0.1) is 0 Å². The Bertz CT molecular complexity index is 123. The Morgan fingerprint density at radius 1 is 1.25 bits per heavy atom. The lowest BCUT2D eigenvalue weighted by molar-refractivity contribution is -0.108. The zero-order valence-electron chi connectivity index (χ0n) is 8.09. The molecule has 1 fully saturated rings. The van der Waals surface area contributed by atoms with Gasteiger partial charge < -0.3 is 4.79 Å². The molecule has 0 N–H and O–H groups in total. The third-order valence-electron chi connectivity index (χ3n) is 3.07. The van der Waals surface area contributed by atoms with Crippen molar-refractivity contribution in [2.45, 2.75) is 51.9 Å². The molecule has 1 heteroatoms. The second-order valence-corrected chi connectivity index (χ2v) is 4.22. The highest BCUT2D eigenvalue weighted by atomic mass is 16.1. The zero-order chi connectivity index (χ0) is 8.81. The average molecular weight is 168 g/mol. The first-order valence-electron chi connectivity index (χ1n) is 5.26. The molecule has 0 radical (unpaired) electrons. The summed E-state index contributed by atoms with van der Waals surface area (Å²) in [5, 5.41) is 0. The highest BCUT2D eigenvalue weighted by Gasteiger charge is 2.17. The molecule has 0 spiro atoms. The van der Waals surface area contributed by atoms with Crippen molar-refractivity contribution in [1.82, 2.24) is 0 Å². The van der Waals surface area contributed by atoms with E-state index in [9.17, 15) is 4.79 Å². The summed E-state index contributed by atoms with van der Waals surface area (Å²) in [6, 6.07) is 0. The summed E-state index contributed by atoms with van der Waals surface area (Å²) in [7, 11) is 0. The van der Waals surface area contributed by atoms with Crippen LogP contribution in [0.15, 0.2) is 0 Å². The molecule has 1 aliphatic rings. The summed E-state index contributed by atoms with van der Waals surface area (Å²) in [4.78, 5) is 10.1. The lowest BCUT2D eigenvalue weighted by Gasteiger charge is -2.25. The topological polar surface area (TPSA) is 17.1 Å². The molecular formula is C11H20O. The van der Waals surface area contributed by atoms with E-state index in [0.29, 0.717) is 0 Å². The number of hydrogen-bond donors (Lipinski definition) is 0. The molecule has 0 aromatic rings. The maximum absolute atomic E-state index is 10.1. The third-order valence-corrected chi connectivity index (χ3v) is 3.07. The third kappa shape index (κ3) is 3.38. The van der Waals surface area contributed by atoms with Crippen molar-refractivity contribution in [1.29, 1.82) is 0 Å². The van der Waals surface area contributed by atoms with Crippen LogP contribution in [0, 0.1) is 11.8 Å². The van der Waals surface area contributed by atoms with Gasteiger partial charge in [0.1, 0.15) is 6.29 Å². The van der Waals surface area contributed by atoms with Crippen LogP contribution >= 0.6 is 0 Å². The number of rotatable bonds is 4. The van der Waals surface area contributed by atoms with Crippen molar-refractivity contribution in [2.24, 2.45) is 11.8 Å². The van der Waals surface area contributed by atoms with E-state index in [-0.39, 0.29) is 0 Å². The zero-order valence-corrected chi connectivity index (χ0v) is 8.09. The fourth-order valence-electron chi connectivity index (χ4n) is 2.11. The minimum absolute atomic E-state index is 0.770. The van der Waals surface area contributed by atoms with Crippen LogP contribution in [-0.4, -0.2) is 6.29 Å². The van der Waals surface area contributed by atoms with Gasteiger partial charge in [-0.15, -0.1) is 0 Å². The van der Waals surface area contributed by atoms with Crippen LogP contribution in [0.4, 0.5) is 0 Å². The Hall–Kier alpha value is -0.330. The minimum atomic E-state index is 0.770. The lowest BCUT2D eigenvalue weighted by Crippen LogP contribution is -2.12. The Morgan fingerprint density at radius 3 is 2.50 bits per heavy atom. The average Bonchev–Trinajstić information content (AvgIpc) is 2.09. The molecule has 1 nitrogen and oxygen atoms in total. The van der Waals surface area contributed by atoms with Crippen LogP contribution in [0.1, 0.15) is 51.9 Å². The monoisotopic (exact) mass is 168 g/mol. The molecule has 0 aromatic heterocycles. The molecule has 0 aliphatic heterocycles. The van der Waals surface area contributed by atoms with Gasteiger partial charge in [0.2, 0.25) is 0 Å². The first-order chi connectivity index (χ1) is 5.83. The van der Waals surface area contributed by atoms with Crippen molar-refractivity contribution >= 4 is 6.29 Å². The van der Waals surface area contributed by atoms with Crippen LogP contribution < -0.4 is 0 Å². The van der Waals surface area contributed by atoms with Crippen molar-refractivity contribution < 1.29 is 4.79 Å². The van der Waals surface area contributed by atoms with E-state index in [4.69, 9.17) is 0 Å². The van der Waals surface area contributed by atoms with Crippen LogP contribution in [0.5, 0.6) is 0 Å². The molecule has 0 saturated heterocycles. The predicted octanol–water partition coefficient (Wildman–Crippen LogP) is 3.18. The number of carbonyl (C=O) groups excluding carboxylic acids is 1. The Kier molecular flexibility index (Phi) is 4.34. The van der Waals surface area contributed by atoms with Crippen LogP contribution in [0.3, 0.4) is 0 Å². The molecule has 0 aromatic carbocycles. The van der Waals surface area contributed by atoms with Gasteiger partial charge in [-0.1, -0.05) is 39.0 Å². The fraction of sp³-hybridized carbons (Fsp3) is 0.909. The molecule has 70 valence electrons. The quantitative estimate of drug-likeness (QED) is 0.465. The van der Waals surface area contributed by atoms with Gasteiger partial charge in [0.15, 0.2) is 0 Å². The Morgan fingerprint density at radius 2 is 1.92 bits per heavy atom. The van der Waals surface area contributed by atoms with Crippen molar-refractivity contribution in [3.8, 4) is 0 Å². The highest BCUT2D eigenvalue weighted by Crippen LogP contribution is 2.31. The molecule has 12 heavy (non-hydrogen) atoms. The highest BCUT2D eigenvalue weighted by molar-refractivity contribution is 5.48. The number of carbonyl (C=O) groups is 1. The van der Waals surface area contributed by atoms with Gasteiger partial charge in [0, 0.05) is 6.42 Å². The molecule has 0 heterocycles. The molecule has 1 rings (SSSR count). The fourth-order valence-corrected chi connectivity index (χ4v) is 2.11. The number of unbranched alkanes of at least 4 members (excludes halogenated alkanes) is 1. The second-order valence-electron chi connectivity index (χ2n) is 4.22. The van der Waals surface area contributed by atoms with E-state index < -0.39 is 0 Å². The van der Waals surface area contributed by atoms with E-state index in [0.717, 1.165) is 31.0 Å². The molecule has 0 atom stereocenters. The second kappa shape index (κ2) is 5.34.